The van der Waals surface area contributed by atoms with Crippen molar-refractivity contribution in [2.75, 3.05) is 11.9 Å². The number of nitrogens with zero attached hydrogens (tertiary/aromatic N) is 1. The first-order chi connectivity index (χ1) is 12.0. The van der Waals surface area contributed by atoms with Gasteiger partial charge >= 0.3 is 0 Å². The largest absolute Gasteiger partial charge is 0.494 e. The van der Waals surface area contributed by atoms with Crippen molar-refractivity contribution in [1.29, 1.82) is 0 Å². The summed E-state index contributed by atoms with van der Waals surface area (Å²) >= 11 is 0. The molecule has 0 aliphatic carbocycles. The van der Waals surface area contributed by atoms with Gasteiger partial charge in [-0.15, -0.1) is 0 Å². The Labute approximate surface area is 147 Å². The number of carbonyl (C=O) groups is 1. The van der Waals surface area contributed by atoms with Crippen LogP contribution < -0.4 is 10.1 Å². The summed E-state index contributed by atoms with van der Waals surface area (Å²) in [6.07, 6.45) is 0.847. The molecule has 0 fully saturated rings. The molecule has 0 bridgehead atoms. The molecule has 0 heterocycles. The molecule has 0 spiro atoms. The standard InChI is InChI=1S/C19H22N2O4/c1-14(2)15-8-10-18(11-9-15)25-12-4-7-19(22)20-16-5-3-6-17(13-16)21(23)24/h3,5-6,8-11,13-14H,4,7,12H2,1-2H3,(H,20,22). The van der Waals surface area contributed by atoms with Crippen molar-refractivity contribution in [2.45, 2.75) is 32.6 Å². The maximum atomic E-state index is 11.9. The van der Waals surface area contributed by atoms with E-state index in [1.165, 1.54) is 23.8 Å². The third-order valence-electron chi connectivity index (χ3n) is 3.70. The van der Waals surface area contributed by atoms with E-state index < -0.39 is 4.92 Å². The van der Waals surface area contributed by atoms with Crippen LogP contribution in [-0.4, -0.2) is 17.4 Å². The Bertz CT molecular complexity index is 726. The van der Waals surface area contributed by atoms with Crippen LogP contribution in [0.1, 0.15) is 38.2 Å². The molecule has 1 N–H and O–H groups in total. The Hall–Kier alpha value is -2.89. The number of hydrogen-bond donors (Lipinski definition) is 1. The van der Waals surface area contributed by atoms with Crippen molar-refractivity contribution in [3.63, 3.8) is 0 Å². The van der Waals surface area contributed by atoms with Crippen LogP contribution in [0.25, 0.3) is 0 Å². The third-order valence-corrected chi connectivity index (χ3v) is 3.70. The molecule has 6 nitrogen and oxygen atoms in total. The van der Waals surface area contributed by atoms with Crippen LogP contribution in [0.5, 0.6) is 5.75 Å². The van der Waals surface area contributed by atoms with Crippen LogP contribution in [0.2, 0.25) is 0 Å². The summed E-state index contributed by atoms with van der Waals surface area (Å²) in [5.41, 5.74) is 1.62. The highest BCUT2D eigenvalue weighted by Crippen LogP contribution is 2.19. The van der Waals surface area contributed by atoms with Crippen molar-refractivity contribution in [2.24, 2.45) is 0 Å². The molecule has 6 heteroatoms. The van der Waals surface area contributed by atoms with Gasteiger partial charge < -0.3 is 10.1 Å². The number of carbonyl (C=O) groups excluding carboxylic acids is 1. The van der Waals surface area contributed by atoms with Gasteiger partial charge in [0.2, 0.25) is 5.91 Å². The summed E-state index contributed by atoms with van der Waals surface area (Å²) in [5.74, 6) is 1.06. The predicted octanol–water partition coefficient (Wildman–Crippen LogP) is 4.52. The summed E-state index contributed by atoms with van der Waals surface area (Å²) < 4.78 is 5.62. The molecule has 2 rings (SSSR count). The number of nitro benzene ring substituents is 1. The number of ether oxygens (including phenoxy) is 1. The first-order valence-corrected chi connectivity index (χ1v) is 8.23. The normalized spacial score (nSPS) is 10.5. The SMILES string of the molecule is CC(C)c1ccc(OCCCC(=O)Nc2cccc([N+](=O)[O-])c2)cc1. The summed E-state index contributed by atoms with van der Waals surface area (Å²) in [6.45, 7) is 4.70. The summed E-state index contributed by atoms with van der Waals surface area (Å²) in [6, 6.07) is 13.8. The van der Waals surface area contributed by atoms with Gasteiger partial charge in [-0.25, -0.2) is 0 Å². The number of rotatable bonds is 8. The Balaban J connectivity index is 1.73. The van der Waals surface area contributed by atoms with E-state index in [9.17, 15) is 14.9 Å². The summed E-state index contributed by atoms with van der Waals surface area (Å²) in [4.78, 5) is 22.1. The lowest BCUT2D eigenvalue weighted by atomic mass is 10.0. The van der Waals surface area contributed by atoms with Crippen LogP contribution in [0, 0.1) is 10.1 Å². The fraction of sp³-hybridized carbons (Fsp3) is 0.316. The quantitative estimate of drug-likeness (QED) is 0.434. The zero-order valence-corrected chi connectivity index (χ0v) is 14.4. The predicted molar refractivity (Wildman–Crippen MR) is 97.0 cm³/mol. The number of amides is 1. The molecule has 0 aliphatic rings. The molecule has 1 amide bonds. The Morgan fingerprint density at radius 1 is 1.20 bits per heavy atom. The maximum absolute atomic E-state index is 11.9. The van der Waals surface area contributed by atoms with E-state index in [2.05, 4.69) is 19.2 Å². The van der Waals surface area contributed by atoms with Gasteiger partial charge in [0.15, 0.2) is 0 Å². The van der Waals surface area contributed by atoms with E-state index in [0.717, 1.165) is 5.75 Å². The number of non-ortho nitro benzene ring substituents is 1. The average molecular weight is 342 g/mol. The molecule has 25 heavy (non-hydrogen) atoms. The van der Waals surface area contributed by atoms with E-state index in [-0.39, 0.29) is 18.0 Å². The Morgan fingerprint density at radius 3 is 2.56 bits per heavy atom. The van der Waals surface area contributed by atoms with Crippen LogP contribution in [-0.2, 0) is 4.79 Å². The number of hydrogen-bond acceptors (Lipinski definition) is 4. The fourth-order valence-corrected chi connectivity index (χ4v) is 2.29. The van der Waals surface area contributed by atoms with Crippen molar-refractivity contribution in [3.05, 3.63) is 64.2 Å². The van der Waals surface area contributed by atoms with Gasteiger partial charge in [-0.1, -0.05) is 32.0 Å². The first-order valence-electron chi connectivity index (χ1n) is 8.23. The number of nitrogens with one attached hydrogen (secondary N) is 1. The monoisotopic (exact) mass is 342 g/mol. The van der Waals surface area contributed by atoms with Crippen LogP contribution in [0.3, 0.4) is 0 Å². The maximum Gasteiger partial charge on any atom is 0.271 e. The lowest BCUT2D eigenvalue weighted by molar-refractivity contribution is -0.384. The van der Waals surface area contributed by atoms with Crippen molar-refractivity contribution in [1.82, 2.24) is 0 Å². The molecular weight excluding hydrogens is 320 g/mol. The number of benzene rings is 2. The van der Waals surface area contributed by atoms with Gasteiger partial charge in [-0.3, -0.25) is 14.9 Å². The Morgan fingerprint density at radius 2 is 1.92 bits per heavy atom. The van der Waals surface area contributed by atoms with Gasteiger partial charge in [-0.2, -0.15) is 0 Å². The lowest BCUT2D eigenvalue weighted by Gasteiger charge is -2.09. The Kier molecular flexibility index (Phi) is 6.51. The molecule has 0 unspecified atom stereocenters. The second-order valence-electron chi connectivity index (χ2n) is 6.03. The topological polar surface area (TPSA) is 81.5 Å². The molecule has 2 aromatic carbocycles. The minimum Gasteiger partial charge on any atom is -0.494 e. The van der Waals surface area contributed by atoms with E-state index >= 15 is 0 Å². The minimum absolute atomic E-state index is 0.0500. The molecule has 2 aromatic rings. The van der Waals surface area contributed by atoms with Gasteiger partial charge in [-0.05, 0) is 36.1 Å². The fourth-order valence-electron chi connectivity index (χ4n) is 2.29. The summed E-state index contributed by atoms with van der Waals surface area (Å²) in [5, 5.41) is 13.4. The molecular formula is C19H22N2O4. The van der Waals surface area contributed by atoms with Gasteiger partial charge in [0.25, 0.3) is 5.69 Å². The smallest absolute Gasteiger partial charge is 0.271 e. The van der Waals surface area contributed by atoms with Crippen molar-refractivity contribution < 1.29 is 14.5 Å². The van der Waals surface area contributed by atoms with Gasteiger partial charge in [0, 0.05) is 24.2 Å². The molecule has 0 atom stereocenters. The van der Waals surface area contributed by atoms with Gasteiger partial charge in [0.05, 0.1) is 11.5 Å². The van der Waals surface area contributed by atoms with Crippen LogP contribution >= 0.6 is 0 Å². The molecule has 132 valence electrons. The number of anilines is 1. The zero-order chi connectivity index (χ0) is 18.2. The highest BCUT2D eigenvalue weighted by Gasteiger charge is 2.08. The molecule has 0 saturated carbocycles. The molecule has 0 aliphatic heterocycles. The molecule has 0 aromatic heterocycles. The van der Waals surface area contributed by atoms with E-state index in [4.69, 9.17) is 4.74 Å². The third kappa shape index (κ3) is 5.91. The number of nitro groups is 1. The van der Waals surface area contributed by atoms with Crippen molar-refractivity contribution in [3.8, 4) is 5.75 Å². The minimum atomic E-state index is -0.492. The average Bonchev–Trinajstić information content (AvgIpc) is 2.59. The van der Waals surface area contributed by atoms with E-state index in [0.29, 0.717) is 24.6 Å². The van der Waals surface area contributed by atoms with Gasteiger partial charge in [0.1, 0.15) is 5.75 Å². The highest BCUT2D eigenvalue weighted by molar-refractivity contribution is 5.90. The second kappa shape index (κ2) is 8.82. The first kappa shape index (κ1) is 18.4. The molecule has 0 saturated heterocycles. The van der Waals surface area contributed by atoms with Crippen LogP contribution in [0.4, 0.5) is 11.4 Å². The van der Waals surface area contributed by atoms with Crippen LogP contribution in [0.15, 0.2) is 48.5 Å². The van der Waals surface area contributed by atoms with Crippen molar-refractivity contribution >= 4 is 17.3 Å². The van der Waals surface area contributed by atoms with E-state index in [1.807, 2.05) is 24.3 Å². The molecule has 0 radical (unpaired) electrons. The zero-order valence-electron chi connectivity index (χ0n) is 14.4. The second-order valence-corrected chi connectivity index (χ2v) is 6.03. The van der Waals surface area contributed by atoms with E-state index in [1.54, 1.807) is 6.07 Å². The summed E-state index contributed by atoms with van der Waals surface area (Å²) in [7, 11) is 0. The lowest BCUT2D eigenvalue weighted by Crippen LogP contribution is -2.12. The highest BCUT2D eigenvalue weighted by atomic mass is 16.6.